The first-order chi connectivity index (χ1) is 17.0. The number of carboxylic acid groups (broad SMARTS) is 1. The minimum absolute atomic E-state index is 0.451. The zero-order valence-electron chi connectivity index (χ0n) is 19.5. The van der Waals surface area contributed by atoms with Gasteiger partial charge in [-0.15, -0.1) is 0 Å². The van der Waals surface area contributed by atoms with Crippen molar-refractivity contribution in [2.24, 2.45) is 0 Å². The van der Waals surface area contributed by atoms with Crippen molar-refractivity contribution in [2.45, 2.75) is 37.7 Å². The van der Waals surface area contributed by atoms with E-state index in [0.717, 1.165) is 27.8 Å². The highest BCUT2D eigenvalue weighted by Crippen LogP contribution is 2.48. The van der Waals surface area contributed by atoms with Gasteiger partial charge in [-0.2, -0.15) is 0 Å². The van der Waals surface area contributed by atoms with E-state index in [9.17, 15) is 15.0 Å². The Morgan fingerprint density at radius 1 is 0.971 bits per heavy atom. The average Bonchev–Trinajstić information content (AvgIpc) is 3.61. The van der Waals surface area contributed by atoms with Gasteiger partial charge in [0.25, 0.3) is 0 Å². The van der Waals surface area contributed by atoms with Crippen molar-refractivity contribution in [3.05, 3.63) is 107 Å². The minimum Gasteiger partial charge on any atom is -0.481 e. The Hall–Kier alpha value is -3.96. The van der Waals surface area contributed by atoms with E-state index in [0.29, 0.717) is 36.3 Å². The zero-order valence-corrected chi connectivity index (χ0v) is 19.5. The Morgan fingerprint density at radius 3 is 2.17 bits per heavy atom. The lowest BCUT2D eigenvalue weighted by Gasteiger charge is -2.11. The van der Waals surface area contributed by atoms with Gasteiger partial charge in [-0.05, 0) is 48.4 Å². The molecule has 5 rings (SSSR count). The minimum atomic E-state index is -0.745. The maximum absolute atomic E-state index is 11.6. The number of aliphatic carboxylic acids is 1. The molecule has 35 heavy (non-hydrogen) atoms. The number of aliphatic hydroxyl groups excluding tert-OH is 1. The smallest absolute Gasteiger partial charge is 0.314 e. The summed E-state index contributed by atoms with van der Waals surface area (Å²) in [5.41, 5.74) is 5.50. The van der Waals surface area contributed by atoms with Crippen LogP contribution in [0.3, 0.4) is 0 Å². The Kier molecular flexibility index (Phi) is 6.10. The zero-order chi connectivity index (χ0) is 24.4. The Balaban J connectivity index is 1.33. The monoisotopic (exact) mass is 465 g/mol. The third-order valence-corrected chi connectivity index (χ3v) is 6.79. The predicted molar refractivity (Wildman–Crippen MR) is 136 cm³/mol. The van der Waals surface area contributed by atoms with Gasteiger partial charge in [0, 0.05) is 5.56 Å². The highest BCUT2D eigenvalue weighted by molar-refractivity contribution is 5.85. The molecule has 0 aliphatic heterocycles. The lowest BCUT2D eigenvalue weighted by atomic mass is 9.93. The predicted octanol–water partition coefficient (Wildman–Crippen LogP) is 6.57. The molecule has 0 saturated heterocycles. The van der Waals surface area contributed by atoms with E-state index in [1.807, 2.05) is 97.9 Å². The second-order valence-electron chi connectivity index (χ2n) is 9.12. The third-order valence-electron chi connectivity index (χ3n) is 6.79. The SMILES string of the molecule is Cc1noc(-c2ccc(-c3ccc(C4(C(=O)O)CC4)cc3)cc2)c1C(O)CC=Cc1ccccc1. The van der Waals surface area contributed by atoms with Crippen LogP contribution in [0.4, 0.5) is 0 Å². The van der Waals surface area contributed by atoms with Crippen LogP contribution >= 0.6 is 0 Å². The van der Waals surface area contributed by atoms with E-state index in [-0.39, 0.29) is 0 Å². The van der Waals surface area contributed by atoms with E-state index < -0.39 is 17.5 Å². The molecule has 1 saturated carbocycles. The van der Waals surface area contributed by atoms with Gasteiger partial charge in [0.2, 0.25) is 0 Å². The summed E-state index contributed by atoms with van der Waals surface area (Å²) in [4.78, 5) is 11.6. The molecule has 176 valence electrons. The van der Waals surface area contributed by atoms with E-state index in [4.69, 9.17) is 4.52 Å². The molecule has 1 aromatic heterocycles. The summed E-state index contributed by atoms with van der Waals surface area (Å²) in [6.07, 6.45) is 5.07. The maximum atomic E-state index is 11.6. The summed E-state index contributed by atoms with van der Waals surface area (Å²) in [6, 6.07) is 25.7. The molecule has 1 atom stereocenters. The van der Waals surface area contributed by atoms with Gasteiger partial charge in [0.1, 0.15) is 0 Å². The number of aromatic nitrogens is 1. The maximum Gasteiger partial charge on any atom is 0.314 e. The second-order valence-corrected chi connectivity index (χ2v) is 9.12. The number of carboxylic acids is 1. The number of hydrogen-bond donors (Lipinski definition) is 2. The van der Waals surface area contributed by atoms with Crippen LogP contribution in [0.25, 0.3) is 28.5 Å². The van der Waals surface area contributed by atoms with Gasteiger partial charge in [0.05, 0.1) is 22.8 Å². The molecule has 0 bridgehead atoms. The topological polar surface area (TPSA) is 83.6 Å². The van der Waals surface area contributed by atoms with Gasteiger partial charge >= 0.3 is 5.97 Å². The molecule has 2 N–H and O–H groups in total. The van der Waals surface area contributed by atoms with Crippen molar-refractivity contribution in [1.82, 2.24) is 5.16 Å². The highest BCUT2D eigenvalue weighted by Gasteiger charge is 2.51. The molecule has 1 aliphatic rings. The van der Waals surface area contributed by atoms with E-state index in [1.54, 1.807) is 0 Å². The Labute approximate surface area is 204 Å². The summed E-state index contributed by atoms with van der Waals surface area (Å²) in [7, 11) is 0. The Morgan fingerprint density at radius 2 is 1.57 bits per heavy atom. The van der Waals surface area contributed by atoms with Crippen molar-refractivity contribution in [3.63, 3.8) is 0 Å². The number of hydrogen-bond acceptors (Lipinski definition) is 4. The van der Waals surface area contributed by atoms with Gasteiger partial charge in [0.15, 0.2) is 5.76 Å². The van der Waals surface area contributed by atoms with Crippen molar-refractivity contribution in [2.75, 3.05) is 0 Å². The molecule has 4 aromatic rings. The number of rotatable bonds is 8. The van der Waals surface area contributed by atoms with Gasteiger partial charge < -0.3 is 14.7 Å². The van der Waals surface area contributed by atoms with Crippen LogP contribution in [0.1, 0.15) is 47.8 Å². The van der Waals surface area contributed by atoms with Crippen LogP contribution in [-0.4, -0.2) is 21.3 Å². The van der Waals surface area contributed by atoms with Gasteiger partial charge in [-0.25, -0.2) is 0 Å². The van der Waals surface area contributed by atoms with Crippen LogP contribution in [0, 0.1) is 6.92 Å². The van der Waals surface area contributed by atoms with E-state index in [1.165, 1.54) is 0 Å². The van der Waals surface area contributed by atoms with Crippen LogP contribution in [0.2, 0.25) is 0 Å². The molecule has 3 aromatic carbocycles. The summed E-state index contributed by atoms with van der Waals surface area (Å²) < 4.78 is 5.61. The molecule has 0 radical (unpaired) electrons. The molecule has 1 aliphatic carbocycles. The molecular weight excluding hydrogens is 438 g/mol. The molecule has 5 heteroatoms. The molecule has 1 unspecified atom stereocenters. The third kappa shape index (κ3) is 4.55. The lowest BCUT2D eigenvalue weighted by molar-refractivity contribution is -0.140. The molecule has 1 heterocycles. The second kappa shape index (κ2) is 9.35. The number of aryl methyl sites for hydroxylation is 1. The van der Waals surface area contributed by atoms with Crippen LogP contribution < -0.4 is 0 Å². The highest BCUT2D eigenvalue weighted by atomic mass is 16.5. The van der Waals surface area contributed by atoms with Gasteiger partial charge in [-0.3, -0.25) is 4.79 Å². The summed E-state index contributed by atoms with van der Waals surface area (Å²) in [5.74, 6) is -0.173. The van der Waals surface area contributed by atoms with E-state index >= 15 is 0 Å². The van der Waals surface area contributed by atoms with Crippen molar-refractivity contribution >= 4 is 12.0 Å². The summed E-state index contributed by atoms with van der Waals surface area (Å²) in [6.45, 7) is 1.84. The number of nitrogens with zero attached hydrogens (tertiary/aromatic N) is 1. The van der Waals surface area contributed by atoms with E-state index in [2.05, 4.69) is 5.16 Å². The largest absolute Gasteiger partial charge is 0.481 e. The molecule has 1 fully saturated rings. The fraction of sp³-hybridized carbons (Fsp3) is 0.200. The van der Waals surface area contributed by atoms with Crippen molar-refractivity contribution < 1.29 is 19.5 Å². The standard InChI is InChI=1S/C30H27NO4/c1-20-27(26(32)9-5-8-21-6-3-2-4-7-21)28(35-31-20)24-12-10-22(11-13-24)23-14-16-25(17-15-23)30(18-19-30)29(33)34/h2-8,10-17,26,32H,9,18-19H2,1H3,(H,33,34). The first-order valence-corrected chi connectivity index (χ1v) is 11.8. The number of benzene rings is 3. The fourth-order valence-electron chi connectivity index (χ4n) is 4.54. The van der Waals surface area contributed by atoms with Crippen molar-refractivity contribution in [3.8, 4) is 22.5 Å². The Bertz CT molecular complexity index is 1350. The number of carbonyl (C=O) groups is 1. The van der Waals surface area contributed by atoms with Crippen molar-refractivity contribution in [1.29, 1.82) is 0 Å². The summed E-state index contributed by atoms with van der Waals surface area (Å²) >= 11 is 0. The fourth-order valence-corrected chi connectivity index (χ4v) is 4.54. The molecule has 0 spiro atoms. The number of aliphatic hydroxyl groups is 1. The van der Waals surface area contributed by atoms with Crippen LogP contribution in [-0.2, 0) is 10.2 Å². The quantitative estimate of drug-likeness (QED) is 0.307. The summed E-state index contributed by atoms with van der Waals surface area (Å²) in [5, 5.41) is 24.5. The average molecular weight is 466 g/mol. The van der Waals surface area contributed by atoms with Gasteiger partial charge in [-0.1, -0.05) is 96.2 Å². The lowest BCUT2D eigenvalue weighted by Crippen LogP contribution is -2.19. The molecular formula is C30H27NO4. The van der Waals surface area contributed by atoms with Crippen LogP contribution in [0.5, 0.6) is 0 Å². The molecule has 5 nitrogen and oxygen atoms in total. The molecule has 0 amide bonds. The first kappa shape index (κ1) is 22.8. The first-order valence-electron chi connectivity index (χ1n) is 11.8. The van der Waals surface area contributed by atoms with Crippen LogP contribution in [0.15, 0.2) is 89.5 Å². The normalized spacial score (nSPS) is 15.3.